The van der Waals surface area contributed by atoms with Crippen molar-refractivity contribution in [3.63, 3.8) is 0 Å². The first kappa shape index (κ1) is 14.1. The average Bonchev–Trinajstić information content (AvgIpc) is 2.75. The maximum absolute atomic E-state index is 12.1. The zero-order valence-corrected chi connectivity index (χ0v) is 11.8. The molecule has 0 aliphatic rings. The summed E-state index contributed by atoms with van der Waals surface area (Å²) in [5, 5.41) is 6.71. The number of nitrogens with one attached hydrogen (secondary N) is 2. The topological polar surface area (TPSA) is 93.2 Å². The Morgan fingerprint density at radius 1 is 1.35 bits per heavy atom. The van der Waals surface area contributed by atoms with E-state index in [1.54, 1.807) is 18.2 Å². The van der Waals surface area contributed by atoms with Crippen LogP contribution in [0.25, 0.3) is 0 Å². The van der Waals surface area contributed by atoms with Gasteiger partial charge in [0.1, 0.15) is 5.76 Å². The summed E-state index contributed by atoms with van der Waals surface area (Å²) >= 11 is 0. The van der Waals surface area contributed by atoms with E-state index in [4.69, 9.17) is 10.4 Å². The van der Waals surface area contributed by atoms with Crippen molar-refractivity contribution < 1.29 is 9.32 Å². The Kier molecular flexibility index (Phi) is 4.05. The number of nitrogens with two attached hydrogens (primary N) is 1. The molecule has 2 rings (SSSR count). The number of benzene rings is 1. The molecular weight excluding hydrogens is 256 g/mol. The molecule has 0 fully saturated rings. The second kappa shape index (κ2) is 5.75. The van der Waals surface area contributed by atoms with E-state index in [9.17, 15) is 4.79 Å². The van der Waals surface area contributed by atoms with Gasteiger partial charge >= 0.3 is 0 Å². The first-order valence-corrected chi connectivity index (χ1v) is 6.30. The Morgan fingerprint density at radius 2 is 2.10 bits per heavy atom. The van der Waals surface area contributed by atoms with Crippen molar-refractivity contribution in [1.82, 2.24) is 10.5 Å². The molecule has 0 atom stereocenters. The van der Waals surface area contributed by atoms with Gasteiger partial charge in [-0.25, -0.2) is 0 Å². The van der Waals surface area contributed by atoms with Crippen LogP contribution < -0.4 is 16.6 Å². The zero-order valence-electron chi connectivity index (χ0n) is 11.8. The molecule has 1 heterocycles. The van der Waals surface area contributed by atoms with Gasteiger partial charge in [-0.3, -0.25) is 10.6 Å². The van der Waals surface area contributed by atoms with E-state index in [2.05, 4.69) is 15.9 Å². The molecule has 6 heteroatoms. The number of anilines is 1. The number of aromatic nitrogens is 1. The first-order valence-electron chi connectivity index (χ1n) is 6.30. The largest absolute Gasteiger partial charge is 0.361 e. The highest BCUT2D eigenvalue weighted by Gasteiger charge is 2.12. The van der Waals surface area contributed by atoms with Crippen molar-refractivity contribution in [2.45, 2.75) is 27.3 Å². The number of hydrogen-bond acceptors (Lipinski definition) is 5. The number of carbonyl (C=O) groups excluding carboxylic acids is 1. The fourth-order valence-electron chi connectivity index (χ4n) is 1.99. The monoisotopic (exact) mass is 274 g/mol. The van der Waals surface area contributed by atoms with Crippen molar-refractivity contribution in [3.05, 3.63) is 46.3 Å². The van der Waals surface area contributed by atoms with E-state index in [-0.39, 0.29) is 5.91 Å². The number of nitrogen functional groups attached to an aromatic ring is 1. The van der Waals surface area contributed by atoms with Crippen molar-refractivity contribution in [1.29, 1.82) is 0 Å². The summed E-state index contributed by atoms with van der Waals surface area (Å²) in [4.78, 5) is 12.1. The van der Waals surface area contributed by atoms with Crippen molar-refractivity contribution in [3.8, 4) is 0 Å². The summed E-state index contributed by atoms with van der Waals surface area (Å²) in [6.07, 6.45) is 0. The predicted molar refractivity (Wildman–Crippen MR) is 76.1 cm³/mol. The fourth-order valence-corrected chi connectivity index (χ4v) is 1.99. The van der Waals surface area contributed by atoms with Gasteiger partial charge in [-0.05, 0) is 44.5 Å². The van der Waals surface area contributed by atoms with E-state index in [1.807, 2.05) is 20.8 Å². The molecule has 2 aromatic rings. The lowest BCUT2D eigenvalue weighted by atomic mass is 10.1. The lowest BCUT2D eigenvalue weighted by Gasteiger charge is -2.08. The number of nitrogens with zero attached hydrogens (tertiary/aromatic N) is 1. The molecule has 0 aliphatic carbocycles. The van der Waals surface area contributed by atoms with Crippen LogP contribution in [0.1, 0.15) is 32.9 Å². The number of rotatable bonds is 4. The van der Waals surface area contributed by atoms with E-state index in [1.165, 1.54) is 0 Å². The van der Waals surface area contributed by atoms with Crippen LogP contribution in [-0.2, 0) is 6.54 Å². The molecule has 0 bridgehead atoms. The minimum Gasteiger partial charge on any atom is -0.361 e. The van der Waals surface area contributed by atoms with Crippen molar-refractivity contribution >= 4 is 11.6 Å². The molecule has 0 saturated heterocycles. The Balaban J connectivity index is 2.07. The highest BCUT2D eigenvalue weighted by atomic mass is 16.5. The van der Waals surface area contributed by atoms with Gasteiger partial charge in [-0.1, -0.05) is 5.16 Å². The van der Waals surface area contributed by atoms with Crippen LogP contribution in [-0.4, -0.2) is 11.1 Å². The number of hydrazine groups is 1. The number of hydrogen-bond donors (Lipinski definition) is 3. The van der Waals surface area contributed by atoms with Crippen LogP contribution in [0.4, 0.5) is 5.69 Å². The molecule has 6 nitrogen and oxygen atoms in total. The fraction of sp³-hybridized carbons (Fsp3) is 0.286. The molecule has 1 aromatic carbocycles. The molecular formula is C14H18N4O2. The normalized spacial score (nSPS) is 10.4. The molecule has 20 heavy (non-hydrogen) atoms. The quantitative estimate of drug-likeness (QED) is 0.584. The lowest BCUT2D eigenvalue weighted by Crippen LogP contribution is -2.23. The molecule has 1 amide bonds. The summed E-state index contributed by atoms with van der Waals surface area (Å²) in [5.74, 6) is 5.95. The summed E-state index contributed by atoms with van der Waals surface area (Å²) in [7, 11) is 0. The second-order valence-corrected chi connectivity index (χ2v) is 4.66. The molecule has 0 radical (unpaired) electrons. The number of amides is 1. The molecule has 1 aromatic heterocycles. The Bertz CT molecular complexity index is 615. The van der Waals surface area contributed by atoms with Gasteiger partial charge in [0.15, 0.2) is 0 Å². The van der Waals surface area contributed by atoms with E-state index in [0.29, 0.717) is 12.1 Å². The predicted octanol–water partition coefficient (Wildman–Crippen LogP) is 1.82. The van der Waals surface area contributed by atoms with Crippen LogP contribution in [0.2, 0.25) is 0 Å². The standard InChI is InChI=1S/C14H18N4O2/c1-8-6-11(4-5-13(8)17-15)14(19)16-7-12-9(2)18-20-10(12)3/h4-6,17H,7,15H2,1-3H3,(H,16,19). The smallest absolute Gasteiger partial charge is 0.251 e. The molecule has 4 N–H and O–H groups in total. The van der Waals surface area contributed by atoms with Crippen molar-refractivity contribution in [2.24, 2.45) is 5.84 Å². The van der Waals surface area contributed by atoms with Crippen LogP contribution in [0.15, 0.2) is 22.7 Å². The Labute approximate surface area is 117 Å². The van der Waals surface area contributed by atoms with E-state index >= 15 is 0 Å². The molecule has 0 spiro atoms. The number of aryl methyl sites for hydroxylation is 3. The average molecular weight is 274 g/mol. The van der Waals surface area contributed by atoms with Crippen LogP contribution in [0, 0.1) is 20.8 Å². The van der Waals surface area contributed by atoms with Gasteiger partial charge in [-0.2, -0.15) is 0 Å². The zero-order chi connectivity index (χ0) is 14.7. The summed E-state index contributed by atoms with van der Waals surface area (Å²) in [5.41, 5.74) is 6.59. The maximum atomic E-state index is 12.1. The van der Waals surface area contributed by atoms with Gasteiger partial charge in [0.25, 0.3) is 5.91 Å². The third-order valence-corrected chi connectivity index (χ3v) is 3.25. The Morgan fingerprint density at radius 3 is 2.65 bits per heavy atom. The minimum absolute atomic E-state index is 0.142. The van der Waals surface area contributed by atoms with Gasteiger partial charge in [0, 0.05) is 17.7 Å². The molecule has 106 valence electrons. The van der Waals surface area contributed by atoms with Gasteiger partial charge in [-0.15, -0.1) is 0 Å². The SMILES string of the molecule is Cc1cc(C(=O)NCc2c(C)noc2C)ccc1NN. The minimum atomic E-state index is -0.142. The second-order valence-electron chi connectivity index (χ2n) is 4.66. The highest BCUT2D eigenvalue weighted by molar-refractivity contribution is 5.94. The maximum Gasteiger partial charge on any atom is 0.251 e. The van der Waals surface area contributed by atoms with Gasteiger partial charge in [0.05, 0.1) is 11.4 Å². The van der Waals surface area contributed by atoms with E-state index < -0.39 is 0 Å². The van der Waals surface area contributed by atoms with Crippen LogP contribution >= 0.6 is 0 Å². The first-order chi connectivity index (χ1) is 9.52. The van der Waals surface area contributed by atoms with Gasteiger partial charge in [0.2, 0.25) is 0 Å². The molecule has 0 saturated carbocycles. The third-order valence-electron chi connectivity index (χ3n) is 3.25. The van der Waals surface area contributed by atoms with Crippen molar-refractivity contribution in [2.75, 3.05) is 5.43 Å². The van der Waals surface area contributed by atoms with Gasteiger partial charge < -0.3 is 15.3 Å². The lowest BCUT2D eigenvalue weighted by molar-refractivity contribution is 0.0950. The summed E-state index contributed by atoms with van der Waals surface area (Å²) < 4.78 is 5.06. The summed E-state index contributed by atoms with van der Waals surface area (Å²) in [6.45, 7) is 5.97. The van der Waals surface area contributed by atoms with Crippen LogP contribution in [0.3, 0.4) is 0 Å². The summed E-state index contributed by atoms with van der Waals surface area (Å²) in [6, 6.07) is 5.29. The molecule has 0 aliphatic heterocycles. The number of carbonyl (C=O) groups is 1. The third kappa shape index (κ3) is 2.80. The highest BCUT2D eigenvalue weighted by Crippen LogP contribution is 2.16. The van der Waals surface area contributed by atoms with Crippen LogP contribution in [0.5, 0.6) is 0 Å². The Hall–Kier alpha value is -2.34. The molecule has 0 unspecified atom stereocenters. The van der Waals surface area contributed by atoms with E-state index in [0.717, 1.165) is 28.3 Å².